The summed E-state index contributed by atoms with van der Waals surface area (Å²) in [5.41, 5.74) is 0.217. The number of aliphatic hydroxyl groups is 1. The first-order valence-corrected chi connectivity index (χ1v) is 8.88. The lowest BCUT2D eigenvalue weighted by atomic mass is 9.85. The number of fused-ring (bicyclic) bond motifs is 2. The van der Waals surface area contributed by atoms with Gasteiger partial charge in [-0.15, -0.1) is 0 Å². The minimum absolute atomic E-state index is 0.224. The summed E-state index contributed by atoms with van der Waals surface area (Å²) in [7, 11) is 0. The number of rotatable bonds is 5. The van der Waals surface area contributed by atoms with E-state index in [0.717, 1.165) is 16.3 Å². The van der Waals surface area contributed by atoms with Crippen molar-refractivity contribution in [3.05, 3.63) is 71.8 Å². The van der Waals surface area contributed by atoms with Crippen LogP contribution in [0, 0.1) is 0 Å². The van der Waals surface area contributed by atoms with Crippen LogP contribution in [-0.4, -0.2) is 23.8 Å². The Hall–Kier alpha value is -3.18. The monoisotopic (exact) mass is 378 g/mol. The molecule has 0 aliphatic rings. The minimum Gasteiger partial charge on any atom is -0.425 e. The highest BCUT2D eigenvalue weighted by Gasteiger charge is 2.26. The van der Waals surface area contributed by atoms with E-state index in [4.69, 9.17) is 9.47 Å². The number of benzene rings is 3. The normalized spacial score (nSPS) is 11.4. The molecule has 0 aliphatic carbocycles. The lowest BCUT2D eigenvalue weighted by Crippen LogP contribution is -2.19. The fraction of sp³-hybridized carbons (Fsp3) is 0.217. The van der Waals surface area contributed by atoms with Gasteiger partial charge in [0.25, 0.3) is 0 Å². The second kappa shape index (κ2) is 7.44. The van der Waals surface area contributed by atoms with Crippen LogP contribution in [0.1, 0.15) is 36.7 Å². The number of ether oxygens (including phenoxy) is 2. The molecule has 28 heavy (non-hydrogen) atoms. The molecule has 5 heteroatoms. The summed E-state index contributed by atoms with van der Waals surface area (Å²) in [6.45, 7) is 7.94. The zero-order valence-corrected chi connectivity index (χ0v) is 16.1. The first-order chi connectivity index (χ1) is 13.2. The van der Waals surface area contributed by atoms with E-state index in [0.29, 0.717) is 16.3 Å². The molecule has 1 N–H and O–H groups in total. The van der Waals surface area contributed by atoms with Crippen LogP contribution in [0.25, 0.3) is 21.5 Å². The molecule has 0 amide bonds. The second-order valence-corrected chi connectivity index (χ2v) is 7.16. The standard InChI is InChI=1S/C23H22O5/c1-14(2)21(24)27-13-28-22(25)19-15-9-5-7-11-17(15)20(23(3,4)26)18-12-8-6-10-16(18)19/h5-12,26H,1,13H2,2-4H3. The molecule has 0 bridgehead atoms. The summed E-state index contributed by atoms with van der Waals surface area (Å²) in [5, 5.41) is 13.6. The molecule has 3 aromatic rings. The molecule has 0 aliphatic heterocycles. The number of hydrogen-bond donors (Lipinski definition) is 1. The first kappa shape index (κ1) is 19.6. The Balaban J connectivity index is 2.16. The average molecular weight is 378 g/mol. The second-order valence-electron chi connectivity index (χ2n) is 7.16. The van der Waals surface area contributed by atoms with Crippen molar-refractivity contribution in [3.63, 3.8) is 0 Å². The maximum atomic E-state index is 12.9. The predicted octanol–water partition coefficient (Wildman–Crippen LogP) is 4.45. The Labute approximate surface area is 163 Å². The van der Waals surface area contributed by atoms with Gasteiger partial charge in [0.05, 0.1) is 11.2 Å². The van der Waals surface area contributed by atoms with Gasteiger partial charge in [0, 0.05) is 5.57 Å². The summed E-state index contributed by atoms with van der Waals surface area (Å²) in [6, 6.07) is 14.7. The van der Waals surface area contributed by atoms with Gasteiger partial charge in [-0.2, -0.15) is 0 Å². The number of esters is 2. The molecule has 0 atom stereocenters. The van der Waals surface area contributed by atoms with Gasteiger partial charge in [0.2, 0.25) is 6.79 Å². The number of carbonyl (C=O) groups excluding carboxylic acids is 2. The third-order valence-electron chi connectivity index (χ3n) is 4.48. The van der Waals surface area contributed by atoms with Crippen LogP contribution in [0.3, 0.4) is 0 Å². The molecule has 0 radical (unpaired) electrons. The highest BCUT2D eigenvalue weighted by molar-refractivity contribution is 6.18. The zero-order chi connectivity index (χ0) is 20.5. The van der Waals surface area contributed by atoms with Gasteiger partial charge in [-0.25, -0.2) is 9.59 Å². The lowest BCUT2D eigenvalue weighted by Gasteiger charge is -2.24. The van der Waals surface area contributed by atoms with Crippen molar-refractivity contribution in [3.8, 4) is 0 Å². The van der Waals surface area contributed by atoms with E-state index in [9.17, 15) is 14.7 Å². The van der Waals surface area contributed by atoms with Crippen molar-refractivity contribution >= 4 is 33.5 Å². The van der Waals surface area contributed by atoms with E-state index in [1.807, 2.05) is 48.5 Å². The Morgan fingerprint density at radius 3 is 1.82 bits per heavy atom. The van der Waals surface area contributed by atoms with E-state index in [2.05, 4.69) is 6.58 Å². The van der Waals surface area contributed by atoms with Crippen LogP contribution in [0.2, 0.25) is 0 Å². The molecule has 3 aromatic carbocycles. The van der Waals surface area contributed by atoms with Crippen LogP contribution < -0.4 is 0 Å². The van der Waals surface area contributed by atoms with Crippen LogP contribution in [0.15, 0.2) is 60.7 Å². The van der Waals surface area contributed by atoms with E-state index in [1.165, 1.54) is 6.92 Å². The largest absolute Gasteiger partial charge is 0.425 e. The van der Waals surface area contributed by atoms with Crippen molar-refractivity contribution in [1.29, 1.82) is 0 Å². The molecule has 5 nitrogen and oxygen atoms in total. The molecule has 0 spiro atoms. The number of carbonyl (C=O) groups is 2. The van der Waals surface area contributed by atoms with Gasteiger partial charge in [-0.3, -0.25) is 0 Å². The highest BCUT2D eigenvalue weighted by Crippen LogP contribution is 2.38. The SMILES string of the molecule is C=C(C)C(=O)OCOC(=O)c1c2ccccc2c(C(C)(C)O)c2ccccc12. The van der Waals surface area contributed by atoms with Crippen molar-refractivity contribution in [2.75, 3.05) is 6.79 Å². The Morgan fingerprint density at radius 1 is 0.929 bits per heavy atom. The molecule has 0 saturated carbocycles. The van der Waals surface area contributed by atoms with Crippen LogP contribution >= 0.6 is 0 Å². The summed E-state index contributed by atoms with van der Waals surface area (Å²) in [6.07, 6.45) is 0. The molecular formula is C23H22O5. The van der Waals surface area contributed by atoms with Crippen molar-refractivity contribution in [2.45, 2.75) is 26.4 Å². The molecular weight excluding hydrogens is 356 g/mol. The van der Waals surface area contributed by atoms with Gasteiger partial charge in [0.15, 0.2) is 0 Å². The average Bonchev–Trinajstić information content (AvgIpc) is 2.64. The van der Waals surface area contributed by atoms with Crippen LogP contribution in [-0.2, 0) is 19.9 Å². The quantitative estimate of drug-likeness (QED) is 0.307. The van der Waals surface area contributed by atoms with Gasteiger partial charge < -0.3 is 14.6 Å². The number of hydrogen-bond acceptors (Lipinski definition) is 5. The maximum Gasteiger partial charge on any atom is 0.342 e. The molecule has 144 valence electrons. The summed E-state index contributed by atoms with van der Waals surface area (Å²) in [5.74, 6) is -1.23. The third-order valence-corrected chi connectivity index (χ3v) is 4.48. The Morgan fingerprint density at radius 2 is 1.39 bits per heavy atom. The Kier molecular flexibility index (Phi) is 5.21. The zero-order valence-electron chi connectivity index (χ0n) is 16.1. The molecule has 0 fully saturated rings. The van der Waals surface area contributed by atoms with E-state index < -0.39 is 24.3 Å². The highest BCUT2D eigenvalue weighted by atomic mass is 16.7. The van der Waals surface area contributed by atoms with Gasteiger partial charge in [-0.1, -0.05) is 55.1 Å². The maximum absolute atomic E-state index is 12.9. The molecule has 0 aromatic heterocycles. The smallest absolute Gasteiger partial charge is 0.342 e. The van der Waals surface area contributed by atoms with Gasteiger partial charge >= 0.3 is 11.9 Å². The van der Waals surface area contributed by atoms with Crippen LogP contribution in [0.5, 0.6) is 0 Å². The molecule has 0 unspecified atom stereocenters. The summed E-state index contributed by atoms with van der Waals surface area (Å²) in [4.78, 5) is 24.4. The topological polar surface area (TPSA) is 72.8 Å². The van der Waals surface area contributed by atoms with E-state index >= 15 is 0 Å². The summed E-state index contributed by atoms with van der Waals surface area (Å²) < 4.78 is 10.1. The summed E-state index contributed by atoms with van der Waals surface area (Å²) >= 11 is 0. The molecule has 0 heterocycles. The predicted molar refractivity (Wildman–Crippen MR) is 108 cm³/mol. The van der Waals surface area contributed by atoms with E-state index in [-0.39, 0.29) is 5.57 Å². The van der Waals surface area contributed by atoms with Crippen molar-refractivity contribution in [2.24, 2.45) is 0 Å². The fourth-order valence-electron chi connectivity index (χ4n) is 3.34. The van der Waals surface area contributed by atoms with E-state index in [1.54, 1.807) is 13.8 Å². The third kappa shape index (κ3) is 3.62. The van der Waals surface area contributed by atoms with Crippen LogP contribution in [0.4, 0.5) is 0 Å². The Bertz CT molecular complexity index is 1030. The molecule has 0 saturated heterocycles. The van der Waals surface area contributed by atoms with Gasteiger partial charge in [0.1, 0.15) is 0 Å². The minimum atomic E-state index is -1.11. The lowest BCUT2D eigenvalue weighted by molar-refractivity contribution is -0.147. The fourth-order valence-corrected chi connectivity index (χ4v) is 3.34. The van der Waals surface area contributed by atoms with Crippen molar-refractivity contribution < 1.29 is 24.2 Å². The molecule has 3 rings (SSSR count). The van der Waals surface area contributed by atoms with Gasteiger partial charge in [-0.05, 0) is 47.9 Å². The first-order valence-electron chi connectivity index (χ1n) is 8.88. The van der Waals surface area contributed by atoms with Crippen molar-refractivity contribution in [1.82, 2.24) is 0 Å².